The van der Waals surface area contributed by atoms with Gasteiger partial charge in [-0.2, -0.15) is 5.26 Å². The highest BCUT2D eigenvalue weighted by atomic mass is 16.4. The zero-order valence-electron chi connectivity index (χ0n) is 15.8. The van der Waals surface area contributed by atoms with Crippen molar-refractivity contribution in [3.63, 3.8) is 0 Å². The number of benzene rings is 1. The summed E-state index contributed by atoms with van der Waals surface area (Å²) in [5, 5.41) is 12.7. The Labute approximate surface area is 160 Å². The Kier molecular flexibility index (Phi) is 5.14. The number of nitrogens with one attached hydrogen (secondary N) is 2. The van der Waals surface area contributed by atoms with Gasteiger partial charge in [-0.05, 0) is 56.0 Å². The van der Waals surface area contributed by atoms with E-state index in [-0.39, 0.29) is 17.9 Å². The van der Waals surface area contributed by atoms with Crippen molar-refractivity contribution in [2.24, 2.45) is 0 Å². The van der Waals surface area contributed by atoms with E-state index in [2.05, 4.69) is 10.3 Å². The first kappa shape index (κ1) is 19.1. The standard InChI is InChI=1S/C21H19N3O4/c1-11-8-20(26)28-18-9-14(4-5-15(11)18)24-19(25)7-6-16-12(2)17(10-22)21(27)23-13(16)3/h4-5,8-9H,6-7H2,1-3H3,(H,23,27)(H,24,25). The molecule has 3 aromatic rings. The minimum absolute atomic E-state index is 0.0703. The number of aromatic amines is 1. The molecule has 0 bridgehead atoms. The summed E-state index contributed by atoms with van der Waals surface area (Å²) >= 11 is 0. The van der Waals surface area contributed by atoms with E-state index in [4.69, 9.17) is 9.68 Å². The first-order chi connectivity index (χ1) is 13.3. The fourth-order valence-corrected chi connectivity index (χ4v) is 3.28. The molecule has 0 aliphatic carbocycles. The van der Waals surface area contributed by atoms with Crippen molar-refractivity contribution < 1.29 is 9.21 Å². The summed E-state index contributed by atoms with van der Waals surface area (Å²) in [6.07, 6.45) is 0.561. The maximum absolute atomic E-state index is 12.4. The molecule has 0 saturated carbocycles. The molecule has 0 spiro atoms. The molecule has 28 heavy (non-hydrogen) atoms. The topological polar surface area (TPSA) is 116 Å². The fraction of sp³-hybridized carbons (Fsp3) is 0.238. The number of pyridine rings is 1. The molecule has 3 rings (SSSR count). The van der Waals surface area contributed by atoms with Crippen LogP contribution >= 0.6 is 0 Å². The van der Waals surface area contributed by atoms with Crippen LogP contribution in [0.2, 0.25) is 0 Å². The van der Waals surface area contributed by atoms with Crippen LogP contribution in [0.15, 0.2) is 38.3 Å². The first-order valence-corrected chi connectivity index (χ1v) is 8.77. The Morgan fingerprint density at radius 2 is 1.96 bits per heavy atom. The molecule has 2 N–H and O–H groups in total. The molecule has 7 heteroatoms. The number of carbonyl (C=O) groups excluding carboxylic acids is 1. The van der Waals surface area contributed by atoms with Crippen molar-refractivity contribution in [3.05, 3.63) is 73.0 Å². The van der Waals surface area contributed by atoms with Crippen LogP contribution in [0.3, 0.4) is 0 Å². The van der Waals surface area contributed by atoms with Crippen molar-refractivity contribution in [2.45, 2.75) is 33.6 Å². The van der Waals surface area contributed by atoms with Crippen LogP contribution in [0.25, 0.3) is 11.0 Å². The quantitative estimate of drug-likeness (QED) is 0.678. The highest BCUT2D eigenvalue weighted by Gasteiger charge is 2.14. The zero-order valence-corrected chi connectivity index (χ0v) is 15.8. The Morgan fingerprint density at radius 1 is 1.21 bits per heavy atom. The van der Waals surface area contributed by atoms with E-state index in [9.17, 15) is 14.4 Å². The van der Waals surface area contributed by atoms with Gasteiger partial charge in [-0.1, -0.05) is 0 Å². The third-order valence-corrected chi connectivity index (χ3v) is 4.76. The van der Waals surface area contributed by atoms with Gasteiger partial charge in [0.15, 0.2) is 0 Å². The van der Waals surface area contributed by atoms with E-state index in [1.807, 2.05) is 13.0 Å². The zero-order chi connectivity index (χ0) is 20.4. The molecule has 0 atom stereocenters. The lowest BCUT2D eigenvalue weighted by Gasteiger charge is -2.11. The molecule has 1 amide bonds. The van der Waals surface area contributed by atoms with Crippen LogP contribution in [0.5, 0.6) is 0 Å². The maximum atomic E-state index is 12.4. The average Bonchev–Trinajstić information content (AvgIpc) is 2.61. The molecule has 0 saturated heterocycles. The van der Waals surface area contributed by atoms with Crippen molar-refractivity contribution >= 4 is 22.6 Å². The van der Waals surface area contributed by atoms with Gasteiger partial charge in [-0.3, -0.25) is 9.59 Å². The van der Waals surface area contributed by atoms with Crippen LogP contribution < -0.4 is 16.5 Å². The van der Waals surface area contributed by atoms with E-state index >= 15 is 0 Å². The van der Waals surface area contributed by atoms with Gasteiger partial charge in [0, 0.05) is 35.3 Å². The number of carbonyl (C=O) groups is 1. The summed E-state index contributed by atoms with van der Waals surface area (Å²) in [7, 11) is 0. The normalized spacial score (nSPS) is 10.6. The molecule has 0 aliphatic rings. The van der Waals surface area contributed by atoms with E-state index in [1.165, 1.54) is 6.07 Å². The molecular weight excluding hydrogens is 358 g/mol. The van der Waals surface area contributed by atoms with E-state index in [1.54, 1.807) is 32.0 Å². The van der Waals surface area contributed by atoms with Crippen molar-refractivity contribution in [3.8, 4) is 6.07 Å². The molecule has 0 radical (unpaired) electrons. The summed E-state index contributed by atoms with van der Waals surface area (Å²) in [6.45, 7) is 5.28. The van der Waals surface area contributed by atoms with Gasteiger partial charge < -0.3 is 14.7 Å². The van der Waals surface area contributed by atoms with Gasteiger partial charge in [-0.15, -0.1) is 0 Å². The second kappa shape index (κ2) is 7.53. The molecule has 2 heterocycles. The highest BCUT2D eigenvalue weighted by molar-refractivity contribution is 5.93. The van der Waals surface area contributed by atoms with Gasteiger partial charge in [0.2, 0.25) is 5.91 Å². The summed E-state index contributed by atoms with van der Waals surface area (Å²) in [4.78, 5) is 38.3. The minimum Gasteiger partial charge on any atom is -0.423 e. The number of hydrogen-bond acceptors (Lipinski definition) is 5. The van der Waals surface area contributed by atoms with Crippen LogP contribution in [-0.4, -0.2) is 10.9 Å². The van der Waals surface area contributed by atoms with Gasteiger partial charge >= 0.3 is 5.63 Å². The van der Waals surface area contributed by atoms with Crippen molar-refractivity contribution in [2.75, 3.05) is 5.32 Å². The van der Waals surface area contributed by atoms with Crippen molar-refractivity contribution in [1.29, 1.82) is 5.26 Å². The number of amides is 1. The minimum atomic E-state index is -0.439. The smallest absolute Gasteiger partial charge is 0.336 e. The van der Waals surface area contributed by atoms with E-state index in [0.29, 0.717) is 28.9 Å². The molecule has 142 valence electrons. The number of H-pyrrole nitrogens is 1. The first-order valence-electron chi connectivity index (χ1n) is 8.77. The van der Waals surface area contributed by atoms with Crippen LogP contribution in [0, 0.1) is 32.1 Å². The highest BCUT2D eigenvalue weighted by Crippen LogP contribution is 2.21. The Hall–Kier alpha value is -3.66. The van der Waals surface area contributed by atoms with E-state index < -0.39 is 11.2 Å². The third kappa shape index (κ3) is 3.71. The van der Waals surface area contributed by atoms with Gasteiger partial charge in [0.1, 0.15) is 17.2 Å². The fourth-order valence-electron chi connectivity index (χ4n) is 3.28. The van der Waals surface area contributed by atoms with Crippen molar-refractivity contribution in [1.82, 2.24) is 4.98 Å². The monoisotopic (exact) mass is 377 g/mol. The molecule has 0 unspecified atom stereocenters. The van der Waals surface area contributed by atoms with Crippen LogP contribution in [-0.2, 0) is 11.2 Å². The number of aryl methyl sites for hydroxylation is 2. The van der Waals surface area contributed by atoms with Gasteiger partial charge in [0.05, 0.1) is 0 Å². The maximum Gasteiger partial charge on any atom is 0.336 e. The Morgan fingerprint density at radius 3 is 2.68 bits per heavy atom. The van der Waals surface area contributed by atoms with Crippen LogP contribution in [0.1, 0.15) is 34.4 Å². The molecule has 2 aromatic heterocycles. The summed E-state index contributed by atoms with van der Waals surface area (Å²) in [5.74, 6) is -0.224. The molecule has 1 aromatic carbocycles. The molecular formula is C21H19N3O4. The second-order valence-electron chi connectivity index (χ2n) is 6.68. The lowest BCUT2D eigenvalue weighted by atomic mass is 9.99. The second-order valence-corrected chi connectivity index (χ2v) is 6.68. The molecule has 0 fully saturated rings. The summed E-state index contributed by atoms with van der Waals surface area (Å²) < 4.78 is 5.19. The lowest BCUT2D eigenvalue weighted by Crippen LogP contribution is -2.18. The molecule has 7 nitrogen and oxygen atoms in total. The number of hydrogen-bond donors (Lipinski definition) is 2. The summed E-state index contributed by atoms with van der Waals surface area (Å²) in [6, 6.07) is 8.48. The number of nitrogens with zero attached hydrogens (tertiary/aromatic N) is 1. The predicted octanol–water partition coefficient (Wildman–Crippen LogP) is 2.85. The SMILES string of the molecule is Cc1[nH]c(=O)c(C#N)c(C)c1CCC(=O)Nc1ccc2c(C)cc(=O)oc2c1. The largest absolute Gasteiger partial charge is 0.423 e. The number of nitriles is 1. The van der Waals surface area contributed by atoms with Crippen LogP contribution in [0.4, 0.5) is 5.69 Å². The number of fused-ring (bicyclic) bond motifs is 1. The Bertz CT molecular complexity index is 1250. The predicted molar refractivity (Wildman–Crippen MR) is 105 cm³/mol. The average molecular weight is 377 g/mol. The van der Waals surface area contributed by atoms with Gasteiger partial charge in [0.25, 0.3) is 5.56 Å². The Balaban J connectivity index is 1.77. The lowest BCUT2D eigenvalue weighted by molar-refractivity contribution is -0.116. The number of rotatable bonds is 4. The molecule has 0 aliphatic heterocycles. The summed E-state index contributed by atoms with van der Waals surface area (Å²) in [5.41, 5.74) is 2.99. The number of aromatic nitrogens is 1. The third-order valence-electron chi connectivity index (χ3n) is 4.76. The number of anilines is 1. The van der Waals surface area contributed by atoms with E-state index in [0.717, 1.165) is 16.5 Å². The van der Waals surface area contributed by atoms with Gasteiger partial charge in [-0.25, -0.2) is 4.79 Å².